The summed E-state index contributed by atoms with van der Waals surface area (Å²) in [7, 11) is 0. The molecule has 0 unspecified atom stereocenters. The number of hydrogen-bond acceptors (Lipinski definition) is 5. The van der Waals surface area contributed by atoms with Crippen molar-refractivity contribution in [3.8, 4) is 5.75 Å². The van der Waals surface area contributed by atoms with Crippen LogP contribution < -0.4 is 15.6 Å². The van der Waals surface area contributed by atoms with E-state index in [0.29, 0.717) is 25.4 Å². The number of carbonyl (C=O) groups is 1. The number of nitrogens with one attached hydrogen (secondary N) is 2. The van der Waals surface area contributed by atoms with Crippen LogP contribution in [-0.2, 0) is 30.6 Å². The van der Waals surface area contributed by atoms with Crippen molar-refractivity contribution >= 4 is 27.5 Å². The van der Waals surface area contributed by atoms with Gasteiger partial charge in [-0.05, 0) is 55.4 Å². The van der Waals surface area contributed by atoms with E-state index in [1.165, 1.54) is 16.9 Å². The summed E-state index contributed by atoms with van der Waals surface area (Å²) in [6.45, 7) is 3.24. The van der Waals surface area contributed by atoms with Gasteiger partial charge in [-0.25, -0.2) is 4.98 Å². The lowest BCUT2D eigenvalue weighted by molar-refractivity contribution is -0.121. The summed E-state index contributed by atoms with van der Waals surface area (Å²) < 4.78 is 5.57. The van der Waals surface area contributed by atoms with E-state index in [9.17, 15) is 9.59 Å². The maximum atomic E-state index is 12.6. The van der Waals surface area contributed by atoms with E-state index in [2.05, 4.69) is 22.2 Å². The summed E-state index contributed by atoms with van der Waals surface area (Å²) in [5, 5.41) is 3.69. The predicted molar refractivity (Wildman–Crippen MR) is 119 cm³/mol. The Bertz CT molecular complexity index is 1090. The minimum absolute atomic E-state index is 0.0606. The molecule has 6 nitrogen and oxygen atoms in total. The van der Waals surface area contributed by atoms with Crippen molar-refractivity contribution in [2.45, 2.75) is 58.4 Å². The number of rotatable bonds is 8. The zero-order chi connectivity index (χ0) is 20.9. The average molecular weight is 426 g/mol. The molecule has 0 bridgehead atoms. The van der Waals surface area contributed by atoms with Gasteiger partial charge < -0.3 is 15.0 Å². The molecule has 1 aliphatic rings. The van der Waals surface area contributed by atoms with Gasteiger partial charge in [-0.1, -0.05) is 19.1 Å². The highest BCUT2D eigenvalue weighted by Gasteiger charge is 2.19. The van der Waals surface area contributed by atoms with Crippen LogP contribution in [0.2, 0.25) is 0 Å². The molecule has 4 rings (SSSR count). The van der Waals surface area contributed by atoms with Crippen molar-refractivity contribution in [3.63, 3.8) is 0 Å². The Balaban J connectivity index is 1.32. The maximum absolute atomic E-state index is 12.6. The van der Waals surface area contributed by atoms with Crippen molar-refractivity contribution in [3.05, 3.63) is 56.4 Å². The van der Waals surface area contributed by atoms with Crippen LogP contribution in [-0.4, -0.2) is 22.5 Å². The van der Waals surface area contributed by atoms with Gasteiger partial charge in [0, 0.05) is 24.3 Å². The van der Waals surface area contributed by atoms with E-state index in [1.807, 2.05) is 24.3 Å². The molecule has 1 aromatic carbocycles. The molecule has 0 atom stereocenters. The summed E-state index contributed by atoms with van der Waals surface area (Å²) >= 11 is 1.63. The maximum Gasteiger partial charge on any atom is 0.259 e. The van der Waals surface area contributed by atoms with Crippen LogP contribution in [0.25, 0.3) is 10.2 Å². The van der Waals surface area contributed by atoms with Gasteiger partial charge in [0.25, 0.3) is 5.56 Å². The van der Waals surface area contributed by atoms with Crippen LogP contribution in [0.5, 0.6) is 5.75 Å². The fourth-order valence-corrected chi connectivity index (χ4v) is 5.05. The molecule has 1 amide bonds. The number of nitrogens with zero attached hydrogens (tertiary/aromatic N) is 1. The number of carbonyl (C=O) groups excluding carboxylic acids is 1. The van der Waals surface area contributed by atoms with Gasteiger partial charge in [0.15, 0.2) is 0 Å². The van der Waals surface area contributed by atoms with Crippen LogP contribution in [0, 0.1) is 0 Å². The van der Waals surface area contributed by atoms with E-state index in [1.54, 1.807) is 11.3 Å². The lowest BCUT2D eigenvalue weighted by Gasteiger charge is -2.09. The van der Waals surface area contributed by atoms with Crippen LogP contribution in [0.4, 0.5) is 0 Å². The van der Waals surface area contributed by atoms with E-state index in [4.69, 9.17) is 4.74 Å². The number of hydrogen-bond donors (Lipinski definition) is 2. The van der Waals surface area contributed by atoms with Crippen molar-refractivity contribution in [2.75, 3.05) is 6.61 Å². The molecule has 0 fully saturated rings. The van der Waals surface area contributed by atoms with E-state index in [-0.39, 0.29) is 17.9 Å². The number of benzene rings is 1. The molecule has 0 radical (unpaired) electrons. The molecule has 30 heavy (non-hydrogen) atoms. The number of aromatic nitrogens is 2. The molecule has 2 N–H and O–H groups in total. The molecule has 0 saturated heterocycles. The summed E-state index contributed by atoms with van der Waals surface area (Å²) in [6, 6.07) is 7.75. The van der Waals surface area contributed by atoms with Gasteiger partial charge in [0.2, 0.25) is 5.91 Å². The number of aromatic amines is 1. The van der Waals surface area contributed by atoms with Crippen molar-refractivity contribution < 1.29 is 9.53 Å². The Morgan fingerprint density at radius 3 is 2.83 bits per heavy atom. The smallest absolute Gasteiger partial charge is 0.259 e. The van der Waals surface area contributed by atoms with Crippen LogP contribution in [0.3, 0.4) is 0 Å². The quantitative estimate of drug-likeness (QED) is 0.573. The highest BCUT2D eigenvalue weighted by Crippen LogP contribution is 2.33. The first-order valence-electron chi connectivity index (χ1n) is 10.7. The summed E-state index contributed by atoms with van der Waals surface area (Å²) in [4.78, 5) is 34.5. The number of thiophene rings is 1. The minimum atomic E-state index is -0.0693. The molecular weight excluding hydrogens is 398 g/mol. The third-order valence-corrected chi connectivity index (χ3v) is 6.53. The SMILES string of the molecule is CCCOc1ccc(CNC(=O)CCc2nc3sc4c(c3c(=O)[nH]2)CCCC4)cc1. The molecule has 158 valence electrons. The lowest BCUT2D eigenvalue weighted by atomic mass is 9.97. The number of amides is 1. The molecule has 3 aromatic rings. The normalized spacial score (nSPS) is 13.2. The Morgan fingerprint density at radius 1 is 1.23 bits per heavy atom. The van der Waals surface area contributed by atoms with E-state index < -0.39 is 0 Å². The van der Waals surface area contributed by atoms with Gasteiger partial charge >= 0.3 is 0 Å². The zero-order valence-corrected chi connectivity index (χ0v) is 18.1. The fourth-order valence-electron chi connectivity index (χ4n) is 3.77. The van der Waals surface area contributed by atoms with Crippen LogP contribution in [0.15, 0.2) is 29.1 Å². The van der Waals surface area contributed by atoms with Crippen molar-refractivity contribution in [1.82, 2.24) is 15.3 Å². The van der Waals surface area contributed by atoms with Crippen molar-refractivity contribution in [2.24, 2.45) is 0 Å². The van der Waals surface area contributed by atoms with Crippen LogP contribution >= 0.6 is 11.3 Å². The molecule has 0 spiro atoms. The fraction of sp³-hybridized carbons (Fsp3) is 0.435. The predicted octanol–water partition coefficient (Wildman–Crippen LogP) is 3.90. The molecule has 0 saturated carbocycles. The zero-order valence-electron chi connectivity index (χ0n) is 17.3. The Labute approximate surface area is 179 Å². The molecule has 2 heterocycles. The van der Waals surface area contributed by atoms with Crippen LogP contribution in [0.1, 0.15) is 54.4 Å². The topological polar surface area (TPSA) is 84.1 Å². The first-order valence-corrected chi connectivity index (χ1v) is 11.5. The molecule has 2 aromatic heterocycles. The first-order chi connectivity index (χ1) is 14.6. The van der Waals surface area contributed by atoms with Crippen molar-refractivity contribution in [1.29, 1.82) is 0 Å². The first kappa shape index (κ1) is 20.6. The van der Waals surface area contributed by atoms with Gasteiger partial charge in [-0.2, -0.15) is 0 Å². The second-order valence-electron chi connectivity index (χ2n) is 7.67. The molecule has 1 aliphatic carbocycles. The largest absolute Gasteiger partial charge is 0.494 e. The molecular formula is C23H27N3O3S. The Morgan fingerprint density at radius 2 is 2.03 bits per heavy atom. The summed E-state index contributed by atoms with van der Waals surface area (Å²) in [5.74, 6) is 1.36. The highest BCUT2D eigenvalue weighted by molar-refractivity contribution is 7.18. The minimum Gasteiger partial charge on any atom is -0.494 e. The monoisotopic (exact) mass is 425 g/mol. The number of fused-ring (bicyclic) bond motifs is 3. The Kier molecular flexibility index (Phi) is 6.47. The average Bonchev–Trinajstić information content (AvgIpc) is 3.14. The van der Waals surface area contributed by atoms with Gasteiger partial charge in [-0.3, -0.25) is 9.59 Å². The van der Waals surface area contributed by atoms with E-state index in [0.717, 1.165) is 47.2 Å². The van der Waals surface area contributed by atoms with Gasteiger partial charge in [-0.15, -0.1) is 11.3 Å². The summed E-state index contributed by atoms with van der Waals surface area (Å²) in [5.41, 5.74) is 2.13. The third-order valence-electron chi connectivity index (χ3n) is 5.35. The number of ether oxygens (including phenoxy) is 1. The molecule has 0 aliphatic heterocycles. The molecule has 7 heteroatoms. The standard InChI is InChI=1S/C23H27N3O3S/c1-2-13-29-16-9-7-15(8-10-16)14-24-20(27)12-11-19-25-22(28)21-17-5-3-4-6-18(17)30-23(21)26-19/h7-10H,2-6,11-14H2,1H3,(H,24,27)(H,25,26,28). The highest BCUT2D eigenvalue weighted by atomic mass is 32.1. The number of aryl methyl sites for hydroxylation is 3. The second kappa shape index (κ2) is 9.43. The third kappa shape index (κ3) is 4.73. The lowest BCUT2D eigenvalue weighted by Crippen LogP contribution is -2.23. The summed E-state index contributed by atoms with van der Waals surface area (Å²) in [6.07, 6.45) is 6.00. The number of H-pyrrole nitrogens is 1. The second-order valence-corrected chi connectivity index (χ2v) is 8.76. The van der Waals surface area contributed by atoms with Gasteiger partial charge in [0.1, 0.15) is 16.4 Å². The Hall–Kier alpha value is -2.67. The van der Waals surface area contributed by atoms with Gasteiger partial charge in [0.05, 0.1) is 12.0 Å². The van der Waals surface area contributed by atoms with E-state index >= 15 is 0 Å².